The van der Waals surface area contributed by atoms with Gasteiger partial charge in [0.2, 0.25) is 0 Å². The Morgan fingerprint density at radius 3 is 2.37 bits per heavy atom. The molecule has 6 nitrogen and oxygen atoms in total. The van der Waals surface area contributed by atoms with E-state index in [0.717, 1.165) is 29.1 Å². The lowest BCUT2D eigenvalue weighted by Gasteiger charge is -2.14. The van der Waals surface area contributed by atoms with Gasteiger partial charge >= 0.3 is 0 Å². The average Bonchev–Trinajstić information content (AvgIpc) is 3.45. The maximum absolute atomic E-state index is 12.6. The summed E-state index contributed by atoms with van der Waals surface area (Å²) in [6.07, 6.45) is 1.98. The molecule has 0 atom stereocenters. The second-order valence-electron chi connectivity index (χ2n) is 7.83. The SMILES string of the molecule is Cc1nc(C2(c3ccc(C(=O)Nc4ccccc4N)cc3)CC2)sc1C(=O)N(C)C. The predicted molar refractivity (Wildman–Crippen MR) is 120 cm³/mol. The minimum atomic E-state index is -0.201. The van der Waals surface area contributed by atoms with E-state index in [1.165, 1.54) is 11.3 Å². The lowest BCUT2D eigenvalue weighted by atomic mass is 9.95. The van der Waals surface area contributed by atoms with E-state index >= 15 is 0 Å². The highest BCUT2D eigenvalue weighted by atomic mass is 32.1. The average molecular weight is 421 g/mol. The van der Waals surface area contributed by atoms with Crippen LogP contribution in [0.25, 0.3) is 0 Å². The highest BCUT2D eigenvalue weighted by molar-refractivity contribution is 7.14. The van der Waals surface area contributed by atoms with E-state index in [4.69, 9.17) is 10.7 Å². The molecule has 0 aliphatic heterocycles. The van der Waals surface area contributed by atoms with Gasteiger partial charge in [-0.3, -0.25) is 9.59 Å². The van der Waals surface area contributed by atoms with Gasteiger partial charge in [-0.15, -0.1) is 11.3 Å². The van der Waals surface area contributed by atoms with E-state index in [-0.39, 0.29) is 17.2 Å². The number of thiazole rings is 1. The molecular weight excluding hydrogens is 396 g/mol. The Balaban J connectivity index is 1.56. The molecule has 1 aromatic heterocycles. The van der Waals surface area contributed by atoms with Gasteiger partial charge in [0, 0.05) is 25.1 Å². The largest absolute Gasteiger partial charge is 0.397 e. The van der Waals surface area contributed by atoms with Crippen molar-refractivity contribution in [2.75, 3.05) is 25.1 Å². The van der Waals surface area contributed by atoms with Crippen molar-refractivity contribution < 1.29 is 9.59 Å². The van der Waals surface area contributed by atoms with Crippen molar-refractivity contribution in [1.29, 1.82) is 0 Å². The number of hydrogen-bond donors (Lipinski definition) is 2. The number of amides is 2. The third-order valence-electron chi connectivity index (χ3n) is 5.47. The van der Waals surface area contributed by atoms with Crippen LogP contribution in [0, 0.1) is 6.92 Å². The van der Waals surface area contributed by atoms with Gasteiger partial charge < -0.3 is 16.0 Å². The van der Waals surface area contributed by atoms with Crippen LogP contribution in [-0.2, 0) is 5.41 Å². The molecule has 7 heteroatoms. The quantitative estimate of drug-likeness (QED) is 0.609. The number of para-hydroxylation sites is 2. The second kappa shape index (κ2) is 7.57. The number of nitrogen functional groups attached to an aromatic ring is 1. The predicted octanol–water partition coefficient (Wildman–Crippen LogP) is 4.07. The smallest absolute Gasteiger partial charge is 0.265 e. The van der Waals surface area contributed by atoms with Crippen molar-refractivity contribution in [3.05, 3.63) is 75.2 Å². The molecule has 0 unspecified atom stereocenters. The van der Waals surface area contributed by atoms with Crippen LogP contribution in [0.4, 0.5) is 11.4 Å². The fourth-order valence-electron chi connectivity index (χ4n) is 3.50. The minimum absolute atomic E-state index is 0.0146. The van der Waals surface area contributed by atoms with Crippen molar-refractivity contribution in [2.45, 2.75) is 25.2 Å². The zero-order chi connectivity index (χ0) is 21.5. The Bertz CT molecular complexity index is 1110. The van der Waals surface area contributed by atoms with Gasteiger partial charge in [0.1, 0.15) is 9.88 Å². The summed E-state index contributed by atoms with van der Waals surface area (Å²) < 4.78 is 0. The number of anilines is 2. The number of hydrogen-bond acceptors (Lipinski definition) is 5. The standard InChI is InChI=1S/C23H24N4O2S/c1-14-19(21(29)27(2)3)30-22(25-14)23(12-13-23)16-10-8-15(9-11-16)20(28)26-18-7-5-4-6-17(18)24/h4-11H,12-13,24H2,1-3H3,(H,26,28). The number of nitrogens with one attached hydrogen (secondary N) is 1. The molecule has 2 amide bonds. The van der Waals surface area contributed by atoms with Crippen LogP contribution < -0.4 is 11.1 Å². The van der Waals surface area contributed by atoms with Crippen molar-refractivity contribution in [3.8, 4) is 0 Å². The second-order valence-corrected chi connectivity index (χ2v) is 8.83. The molecule has 3 N–H and O–H groups in total. The zero-order valence-corrected chi connectivity index (χ0v) is 18.0. The van der Waals surface area contributed by atoms with Crippen LogP contribution in [0.3, 0.4) is 0 Å². The molecular formula is C23H24N4O2S. The van der Waals surface area contributed by atoms with Crippen molar-refractivity contribution in [3.63, 3.8) is 0 Å². The van der Waals surface area contributed by atoms with E-state index in [9.17, 15) is 9.59 Å². The summed E-state index contributed by atoms with van der Waals surface area (Å²) in [7, 11) is 3.50. The van der Waals surface area contributed by atoms with E-state index in [2.05, 4.69) is 5.32 Å². The molecule has 3 aromatic rings. The number of nitrogens with zero attached hydrogens (tertiary/aromatic N) is 2. The number of rotatable bonds is 5. The lowest BCUT2D eigenvalue weighted by Crippen LogP contribution is -2.21. The fraction of sp³-hybridized carbons (Fsp3) is 0.261. The molecule has 1 saturated carbocycles. The van der Waals surface area contributed by atoms with Crippen LogP contribution in [0.5, 0.6) is 0 Å². The van der Waals surface area contributed by atoms with Gasteiger partial charge in [-0.2, -0.15) is 0 Å². The zero-order valence-electron chi connectivity index (χ0n) is 17.2. The van der Waals surface area contributed by atoms with Gasteiger partial charge in [0.15, 0.2) is 0 Å². The van der Waals surface area contributed by atoms with Crippen molar-refractivity contribution in [2.24, 2.45) is 0 Å². The topological polar surface area (TPSA) is 88.3 Å². The number of carbonyl (C=O) groups excluding carboxylic acids is 2. The summed E-state index contributed by atoms with van der Waals surface area (Å²) in [6.45, 7) is 1.88. The molecule has 1 heterocycles. The summed E-state index contributed by atoms with van der Waals surface area (Å²) in [4.78, 5) is 32.0. The summed E-state index contributed by atoms with van der Waals surface area (Å²) in [5.41, 5.74) is 9.34. The number of nitrogens with two attached hydrogens (primary N) is 1. The molecule has 0 spiro atoms. The van der Waals surface area contributed by atoms with Gasteiger partial charge in [0.25, 0.3) is 11.8 Å². The number of aryl methyl sites for hydroxylation is 1. The first-order valence-corrected chi connectivity index (χ1v) is 10.6. The molecule has 0 saturated heterocycles. The third-order valence-corrected chi connectivity index (χ3v) is 6.81. The highest BCUT2D eigenvalue weighted by Crippen LogP contribution is 2.54. The third kappa shape index (κ3) is 3.57. The number of aromatic nitrogens is 1. The first kappa shape index (κ1) is 20.1. The molecule has 30 heavy (non-hydrogen) atoms. The van der Waals surface area contributed by atoms with Crippen molar-refractivity contribution in [1.82, 2.24) is 9.88 Å². The Hall–Kier alpha value is -3.19. The summed E-state index contributed by atoms with van der Waals surface area (Å²) in [5.74, 6) is -0.215. The van der Waals surface area contributed by atoms with E-state index < -0.39 is 0 Å². The highest BCUT2D eigenvalue weighted by Gasteiger charge is 2.49. The lowest BCUT2D eigenvalue weighted by molar-refractivity contribution is 0.0831. The van der Waals surface area contributed by atoms with Gasteiger partial charge in [-0.1, -0.05) is 24.3 Å². The van der Waals surface area contributed by atoms with Crippen LogP contribution in [-0.4, -0.2) is 35.8 Å². The first-order chi connectivity index (χ1) is 14.3. The first-order valence-electron chi connectivity index (χ1n) is 9.78. The summed E-state index contributed by atoms with van der Waals surface area (Å²) in [6, 6.07) is 14.8. The molecule has 154 valence electrons. The molecule has 1 aliphatic rings. The Labute approximate surface area is 179 Å². The molecule has 0 radical (unpaired) electrons. The van der Waals surface area contributed by atoms with E-state index in [1.54, 1.807) is 31.1 Å². The van der Waals surface area contributed by atoms with Gasteiger partial charge in [-0.25, -0.2) is 4.98 Å². The maximum atomic E-state index is 12.6. The van der Waals surface area contributed by atoms with Crippen LogP contribution in [0.1, 0.15) is 49.1 Å². The molecule has 1 aliphatic carbocycles. The molecule has 1 fully saturated rings. The maximum Gasteiger partial charge on any atom is 0.265 e. The Morgan fingerprint density at radius 2 is 1.77 bits per heavy atom. The monoisotopic (exact) mass is 420 g/mol. The van der Waals surface area contributed by atoms with Gasteiger partial charge in [0.05, 0.1) is 17.1 Å². The number of benzene rings is 2. The van der Waals surface area contributed by atoms with Crippen LogP contribution >= 0.6 is 11.3 Å². The van der Waals surface area contributed by atoms with E-state index in [0.29, 0.717) is 21.8 Å². The van der Waals surface area contributed by atoms with E-state index in [1.807, 2.05) is 43.3 Å². The van der Waals surface area contributed by atoms with Crippen LogP contribution in [0.15, 0.2) is 48.5 Å². The fourth-order valence-corrected chi connectivity index (χ4v) is 4.86. The number of carbonyl (C=O) groups is 2. The Morgan fingerprint density at radius 1 is 1.10 bits per heavy atom. The molecule has 0 bridgehead atoms. The van der Waals surface area contributed by atoms with Crippen LogP contribution in [0.2, 0.25) is 0 Å². The molecule has 4 rings (SSSR count). The normalized spacial score (nSPS) is 14.2. The van der Waals surface area contributed by atoms with Gasteiger partial charge in [-0.05, 0) is 49.6 Å². The molecule has 2 aromatic carbocycles. The summed E-state index contributed by atoms with van der Waals surface area (Å²) >= 11 is 1.48. The summed E-state index contributed by atoms with van der Waals surface area (Å²) in [5, 5.41) is 3.82. The Kier molecular flexibility index (Phi) is 5.07. The van der Waals surface area contributed by atoms with Crippen molar-refractivity contribution >= 4 is 34.5 Å². The minimum Gasteiger partial charge on any atom is -0.397 e.